The summed E-state index contributed by atoms with van der Waals surface area (Å²) in [6.45, 7) is 7.74. The van der Waals surface area contributed by atoms with E-state index in [1.807, 2.05) is 7.11 Å². The minimum atomic E-state index is 0.463. The number of hydrogen-bond acceptors (Lipinski definition) is 2. The van der Waals surface area contributed by atoms with Gasteiger partial charge >= 0.3 is 0 Å². The van der Waals surface area contributed by atoms with E-state index >= 15 is 0 Å². The number of rotatable bonds is 3. The van der Waals surface area contributed by atoms with Gasteiger partial charge in [0.25, 0.3) is 0 Å². The van der Waals surface area contributed by atoms with E-state index in [1.54, 1.807) is 5.57 Å². The Hall–Kier alpha value is -0.340. The quantitative estimate of drug-likeness (QED) is 0.614. The van der Waals surface area contributed by atoms with Crippen LogP contribution in [0, 0.1) is 34.5 Å². The van der Waals surface area contributed by atoms with Gasteiger partial charge in [0.2, 0.25) is 0 Å². The first-order valence-electron chi connectivity index (χ1n) is 11.2. The van der Waals surface area contributed by atoms with Gasteiger partial charge in [-0.25, -0.2) is 0 Å². The molecule has 2 nitrogen and oxygen atoms in total. The van der Waals surface area contributed by atoms with Gasteiger partial charge in [0, 0.05) is 13.2 Å². The van der Waals surface area contributed by atoms with Crippen LogP contribution in [0.2, 0.25) is 0 Å². The van der Waals surface area contributed by atoms with Crippen molar-refractivity contribution in [1.29, 1.82) is 0 Å². The molecule has 0 N–H and O–H groups in total. The molecule has 0 aromatic heterocycles. The average molecular weight is 360 g/mol. The van der Waals surface area contributed by atoms with Gasteiger partial charge in [0.15, 0.2) is 0 Å². The lowest BCUT2D eigenvalue weighted by Gasteiger charge is -2.58. The number of ether oxygens (including phenoxy) is 1. The van der Waals surface area contributed by atoms with Gasteiger partial charge in [-0.2, -0.15) is 0 Å². The van der Waals surface area contributed by atoms with Crippen molar-refractivity contribution in [3.63, 3.8) is 0 Å². The van der Waals surface area contributed by atoms with Gasteiger partial charge < -0.3 is 9.64 Å². The molecule has 4 aliphatic rings. The van der Waals surface area contributed by atoms with Crippen LogP contribution in [-0.4, -0.2) is 38.3 Å². The van der Waals surface area contributed by atoms with Gasteiger partial charge in [0.1, 0.15) is 0 Å². The van der Waals surface area contributed by atoms with E-state index in [1.165, 1.54) is 51.4 Å². The number of hydrogen-bond donors (Lipinski definition) is 0. The molecule has 148 valence electrons. The topological polar surface area (TPSA) is 12.5 Å². The Morgan fingerprint density at radius 2 is 1.85 bits per heavy atom. The SMILES string of the molecule is COC1CC[C@@]2(C)C(=CC[C@H]3[C@@H]4CC[C@H](C(C)N(C)C)[C@@]4(C)CC[C@@H]32)C1. The van der Waals surface area contributed by atoms with Gasteiger partial charge in [-0.05, 0) is 107 Å². The van der Waals surface area contributed by atoms with Gasteiger partial charge in [0.05, 0.1) is 6.10 Å². The van der Waals surface area contributed by atoms with Crippen molar-refractivity contribution < 1.29 is 4.74 Å². The molecule has 2 heteroatoms. The fourth-order valence-corrected chi connectivity index (χ4v) is 8.02. The maximum Gasteiger partial charge on any atom is 0.0608 e. The summed E-state index contributed by atoms with van der Waals surface area (Å²) < 4.78 is 5.72. The molecule has 0 aromatic rings. The zero-order valence-electron chi connectivity index (χ0n) is 18.1. The zero-order chi connectivity index (χ0) is 18.7. The Morgan fingerprint density at radius 1 is 1.08 bits per heavy atom. The van der Waals surface area contributed by atoms with E-state index in [4.69, 9.17) is 4.74 Å². The zero-order valence-corrected chi connectivity index (χ0v) is 18.1. The number of nitrogens with zero attached hydrogens (tertiary/aromatic N) is 1. The van der Waals surface area contributed by atoms with Crippen LogP contribution >= 0.6 is 0 Å². The first-order valence-corrected chi connectivity index (χ1v) is 11.2. The Balaban J connectivity index is 1.60. The van der Waals surface area contributed by atoms with E-state index in [0.29, 0.717) is 23.0 Å². The summed E-state index contributed by atoms with van der Waals surface area (Å²) in [4.78, 5) is 2.47. The molecule has 2 unspecified atom stereocenters. The summed E-state index contributed by atoms with van der Waals surface area (Å²) in [7, 11) is 6.45. The molecule has 3 fully saturated rings. The summed E-state index contributed by atoms with van der Waals surface area (Å²) in [5, 5.41) is 0. The molecule has 3 saturated carbocycles. The standard InChI is InChI=1S/C24H41NO/c1-16(25(4)5)20-9-10-21-19-8-7-17-15-18(26-6)11-13-23(17,2)22(19)12-14-24(20,21)3/h7,16,18-22H,8-15H2,1-6H3/t16?,18?,19-,20+,21-,22-,23-,24+/m0/s1. The number of methoxy groups -OCH3 is 1. The van der Waals surface area contributed by atoms with E-state index in [9.17, 15) is 0 Å². The van der Waals surface area contributed by atoms with E-state index < -0.39 is 0 Å². The van der Waals surface area contributed by atoms with Crippen LogP contribution in [-0.2, 0) is 4.74 Å². The van der Waals surface area contributed by atoms with Crippen LogP contribution in [0.3, 0.4) is 0 Å². The maximum absolute atomic E-state index is 5.72. The molecule has 0 spiro atoms. The second kappa shape index (κ2) is 6.62. The highest BCUT2D eigenvalue weighted by molar-refractivity contribution is 5.25. The van der Waals surface area contributed by atoms with E-state index in [-0.39, 0.29) is 0 Å². The second-order valence-electron chi connectivity index (χ2n) is 10.8. The summed E-state index contributed by atoms with van der Waals surface area (Å²) in [6.07, 6.45) is 14.1. The van der Waals surface area contributed by atoms with Crippen LogP contribution in [0.4, 0.5) is 0 Å². The molecule has 26 heavy (non-hydrogen) atoms. The maximum atomic E-state index is 5.72. The van der Waals surface area contributed by atoms with Crippen LogP contribution < -0.4 is 0 Å². The van der Waals surface area contributed by atoms with Crippen molar-refractivity contribution in [2.75, 3.05) is 21.2 Å². The summed E-state index contributed by atoms with van der Waals surface area (Å²) >= 11 is 0. The van der Waals surface area contributed by atoms with E-state index in [2.05, 4.69) is 45.8 Å². The van der Waals surface area contributed by atoms with Gasteiger partial charge in [-0.15, -0.1) is 0 Å². The Morgan fingerprint density at radius 3 is 2.54 bits per heavy atom. The van der Waals surface area contributed by atoms with Crippen molar-refractivity contribution in [1.82, 2.24) is 4.90 Å². The van der Waals surface area contributed by atoms with E-state index in [0.717, 1.165) is 23.7 Å². The molecule has 8 atom stereocenters. The minimum Gasteiger partial charge on any atom is -0.381 e. The second-order valence-corrected chi connectivity index (χ2v) is 10.8. The molecule has 0 saturated heterocycles. The summed E-state index contributed by atoms with van der Waals surface area (Å²) in [6, 6.07) is 0.712. The average Bonchev–Trinajstić information content (AvgIpc) is 2.97. The number of allylic oxidation sites excluding steroid dienone is 1. The first-order chi connectivity index (χ1) is 12.3. The summed E-state index contributed by atoms with van der Waals surface area (Å²) in [5.41, 5.74) is 2.78. The molecule has 0 amide bonds. The molecular formula is C24H41NO. The highest BCUT2D eigenvalue weighted by Gasteiger charge is 2.59. The third-order valence-electron chi connectivity index (χ3n) is 9.86. The lowest BCUT2D eigenvalue weighted by atomic mass is 9.47. The Bertz CT molecular complexity index is 569. The smallest absolute Gasteiger partial charge is 0.0608 e. The molecule has 4 rings (SSSR count). The lowest BCUT2D eigenvalue weighted by Crippen LogP contribution is -2.52. The van der Waals surface area contributed by atoms with Crippen molar-refractivity contribution >= 4 is 0 Å². The molecule has 0 bridgehead atoms. The number of fused-ring (bicyclic) bond motifs is 5. The largest absolute Gasteiger partial charge is 0.381 e. The molecule has 0 aromatic carbocycles. The molecule has 0 radical (unpaired) electrons. The molecule has 0 heterocycles. The third-order valence-corrected chi connectivity index (χ3v) is 9.86. The Kier molecular flexibility index (Phi) is 4.84. The van der Waals surface area contributed by atoms with Crippen molar-refractivity contribution in [3.05, 3.63) is 11.6 Å². The van der Waals surface area contributed by atoms with Crippen LogP contribution in [0.1, 0.15) is 72.1 Å². The minimum absolute atomic E-state index is 0.463. The predicted octanol–water partition coefficient (Wildman–Crippen LogP) is 5.53. The fraction of sp³-hybridized carbons (Fsp3) is 0.917. The molecule has 0 aliphatic heterocycles. The van der Waals surface area contributed by atoms with Gasteiger partial charge in [-0.3, -0.25) is 0 Å². The van der Waals surface area contributed by atoms with Crippen LogP contribution in [0.15, 0.2) is 11.6 Å². The Labute approximate surface area is 161 Å². The van der Waals surface area contributed by atoms with Crippen LogP contribution in [0.25, 0.3) is 0 Å². The van der Waals surface area contributed by atoms with Crippen molar-refractivity contribution in [3.8, 4) is 0 Å². The summed E-state index contributed by atoms with van der Waals surface area (Å²) in [5.74, 6) is 3.68. The normalized spacial score (nSPS) is 49.2. The van der Waals surface area contributed by atoms with Gasteiger partial charge in [-0.1, -0.05) is 25.5 Å². The first kappa shape index (κ1) is 19.0. The van der Waals surface area contributed by atoms with Crippen LogP contribution in [0.5, 0.6) is 0 Å². The highest BCUT2D eigenvalue weighted by atomic mass is 16.5. The fourth-order valence-electron chi connectivity index (χ4n) is 8.02. The lowest BCUT2D eigenvalue weighted by molar-refractivity contribution is -0.0613. The van der Waals surface area contributed by atoms with Crippen molar-refractivity contribution in [2.45, 2.75) is 84.3 Å². The highest BCUT2D eigenvalue weighted by Crippen LogP contribution is 2.66. The monoisotopic (exact) mass is 359 g/mol. The molecule has 4 aliphatic carbocycles. The third kappa shape index (κ3) is 2.65. The molecular weight excluding hydrogens is 318 g/mol. The van der Waals surface area contributed by atoms with Crippen molar-refractivity contribution in [2.24, 2.45) is 34.5 Å². The predicted molar refractivity (Wildman–Crippen MR) is 109 cm³/mol.